The van der Waals surface area contributed by atoms with Gasteiger partial charge in [0.05, 0.1) is 22.3 Å². The zero-order valence-electron chi connectivity index (χ0n) is 13.2. The van der Waals surface area contributed by atoms with Crippen molar-refractivity contribution in [2.24, 2.45) is 0 Å². The van der Waals surface area contributed by atoms with Gasteiger partial charge in [0, 0.05) is 18.2 Å². The van der Waals surface area contributed by atoms with Crippen LogP contribution in [0.1, 0.15) is 18.7 Å². The van der Waals surface area contributed by atoms with Crippen LogP contribution >= 0.6 is 11.3 Å². The number of H-pyrrole nitrogens is 1. The molecule has 2 N–H and O–H groups in total. The summed E-state index contributed by atoms with van der Waals surface area (Å²) in [4.78, 5) is 17.5. The van der Waals surface area contributed by atoms with Crippen LogP contribution in [0, 0.1) is 0 Å². The molecule has 25 heavy (non-hydrogen) atoms. The molecule has 4 aromatic rings. The highest BCUT2D eigenvalue weighted by Crippen LogP contribution is 2.22. The van der Waals surface area contributed by atoms with E-state index in [0.29, 0.717) is 31.0 Å². The molecule has 0 aliphatic rings. The fraction of sp³-hybridized carbons (Fsp3) is 0.176. The molecule has 0 fully saturated rings. The highest BCUT2D eigenvalue weighted by molar-refractivity contribution is 7.13. The van der Waals surface area contributed by atoms with Crippen molar-refractivity contribution in [1.82, 2.24) is 20.3 Å². The van der Waals surface area contributed by atoms with E-state index in [1.54, 1.807) is 17.5 Å². The molecule has 126 valence electrons. The standard InChI is InChI=1S/C17H15N5O2S/c23-14(19-12-5-1-4-11-10-18-21-16(11)12)7-2-8-15-20-17(22-24-15)13-6-3-9-25-13/h1,3-6,9-10H,2,7-8H2,(H,18,21)(H,19,23). The normalized spacial score (nSPS) is 11.0. The van der Waals surface area contributed by atoms with Gasteiger partial charge in [-0.15, -0.1) is 11.3 Å². The minimum atomic E-state index is -0.0555. The van der Waals surface area contributed by atoms with E-state index in [2.05, 4.69) is 25.7 Å². The second-order valence-electron chi connectivity index (χ2n) is 5.53. The summed E-state index contributed by atoms with van der Waals surface area (Å²) in [6.07, 6.45) is 3.31. The van der Waals surface area contributed by atoms with Crippen molar-refractivity contribution < 1.29 is 9.32 Å². The fourth-order valence-electron chi connectivity index (χ4n) is 2.55. The van der Waals surface area contributed by atoms with E-state index in [9.17, 15) is 4.79 Å². The molecule has 0 aliphatic carbocycles. The second kappa shape index (κ2) is 6.86. The molecule has 1 amide bonds. The van der Waals surface area contributed by atoms with E-state index in [1.165, 1.54) is 0 Å². The van der Waals surface area contributed by atoms with Gasteiger partial charge in [-0.2, -0.15) is 10.1 Å². The number of aromatic nitrogens is 4. The van der Waals surface area contributed by atoms with Crippen LogP contribution in [-0.2, 0) is 11.2 Å². The van der Waals surface area contributed by atoms with Gasteiger partial charge in [-0.1, -0.05) is 23.4 Å². The molecule has 0 saturated heterocycles. The number of para-hydroxylation sites is 1. The molecule has 7 nitrogen and oxygen atoms in total. The highest BCUT2D eigenvalue weighted by atomic mass is 32.1. The van der Waals surface area contributed by atoms with Crippen LogP contribution in [0.5, 0.6) is 0 Å². The second-order valence-corrected chi connectivity index (χ2v) is 6.48. The van der Waals surface area contributed by atoms with Crippen molar-refractivity contribution in [3.05, 3.63) is 47.8 Å². The van der Waals surface area contributed by atoms with Gasteiger partial charge in [-0.05, 0) is 23.9 Å². The number of hydrogen-bond acceptors (Lipinski definition) is 6. The van der Waals surface area contributed by atoms with Gasteiger partial charge in [-0.3, -0.25) is 9.89 Å². The first-order valence-electron chi connectivity index (χ1n) is 7.88. The third-order valence-electron chi connectivity index (χ3n) is 3.75. The molecule has 1 aromatic carbocycles. The molecule has 0 saturated carbocycles. The first-order chi connectivity index (χ1) is 12.3. The monoisotopic (exact) mass is 353 g/mol. The Labute approximate surface area is 147 Å². The summed E-state index contributed by atoms with van der Waals surface area (Å²) in [7, 11) is 0. The topological polar surface area (TPSA) is 96.7 Å². The molecule has 0 bridgehead atoms. The number of nitrogens with zero attached hydrogens (tertiary/aromatic N) is 3. The lowest BCUT2D eigenvalue weighted by Gasteiger charge is -2.05. The number of fused-ring (bicyclic) bond motifs is 1. The number of aryl methyl sites for hydroxylation is 1. The van der Waals surface area contributed by atoms with Gasteiger partial charge in [0.15, 0.2) is 0 Å². The minimum absolute atomic E-state index is 0.0555. The van der Waals surface area contributed by atoms with E-state index in [4.69, 9.17) is 4.52 Å². The molecule has 0 unspecified atom stereocenters. The number of thiophene rings is 1. The van der Waals surface area contributed by atoms with E-state index in [-0.39, 0.29) is 5.91 Å². The smallest absolute Gasteiger partial charge is 0.226 e. The Balaban J connectivity index is 1.31. The Kier molecular flexibility index (Phi) is 4.26. The maximum Gasteiger partial charge on any atom is 0.226 e. The highest BCUT2D eigenvalue weighted by Gasteiger charge is 2.11. The van der Waals surface area contributed by atoms with Crippen LogP contribution in [0.25, 0.3) is 21.6 Å². The van der Waals surface area contributed by atoms with Crippen molar-refractivity contribution >= 4 is 33.8 Å². The quantitative estimate of drug-likeness (QED) is 0.552. The van der Waals surface area contributed by atoms with Crippen LogP contribution < -0.4 is 5.32 Å². The molecule has 0 atom stereocenters. The molecule has 4 rings (SSSR count). The van der Waals surface area contributed by atoms with Crippen molar-refractivity contribution in [2.45, 2.75) is 19.3 Å². The lowest BCUT2D eigenvalue weighted by atomic mass is 10.2. The number of rotatable bonds is 6. The van der Waals surface area contributed by atoms with Gasteiger partial charge in [0.1, 0.15) is 0 Å². The SMILES string of the molecule is O=C(CCCc1nc(-c2cccs2)no1)Nc1cccc2cn[nH]c12. The van der Waals surface area contributed by atoms with Crippen LogP contribution in [0.4, 0.5) is 5.69 Å². The Morgan fingerprint density at radius 3 is 3.12 bits per heavy atom. The van der Waals surface area contributed by atoms with Crippen LogP contribution in [-0.4, -0.2) is 26.2 Å². The Hall–Kier alpha value is -3.00. The van der Waals surface area contributed by atoms with Gasteiger partial charge in [-0.25, -0.2) is 0 Å². The van der Waals surface area contributed by atoms with E-state index < -0.39 is 0 Å². The Morgan fingerprint density at radius 2 is 2.24 bits per heavy atom. The molecule has 0 spiro atoms. The molecule has 3 heterocycles. The third-order valence-corrected chi connectivity index (χ3v) is 4.62. The predicted molar refractivity (Wildman–Crippen MR) is 95.3 cm³/mol. The summed E-state index contributed by atoms with van der Waals surface area (Å²) < 4.78 is 5.24. The van der Waals surface area contributed by atoms with Gasteiger partial charge in [0.2, 0.25) is 17.6 Å². The Morgan fingerprint density at radius 1 is 1.28 bits per heavy atom. The summed E-state index contributed by atoms with van der Waals surface area (Å²) >= 11 is 1.56. The number of aromatic amines is 1. The number of benzene rings is 1. The molecular weight excluding hydrogens is 338 g/mol. The zero-order chi connectivity index (χ0) is 17.1. The summed E-state index contributed by atoms with van der Waals surface area (Å²) in [5.41, 5.74) is 1.56. The number of carbonyl (C=O) groups is 1. The molecular formula is C17H15N5O2S. The largest absolute Gasteiger partial charge is 0.339 e. The summed E-state index contributed by atoms with van der Waals surface area (Å²) in [5, 5.41) is 16.7. The van der Waals surface area contributed by atoms with Crippen LogP contribution in [0.2, 0.25) is 0 Å². The lowest BCUT2D eigenvalue weighted by Crippen LogP contribution is -2.11. The van der Waals surface area contributed by atoms with Gasteiger partial charge < -0.3 is 9.84 Å². The van der Waals surface area contributed by atoms with Crippen LogP contribution in [0.15, 0.2) is 46.4 Å². The maximum absolute atomic E-state index is 12.1. The van der Waals surface area contributed by atoms with Gasteiger partial charge in [0.25, 0.3) is 0 Å². The predicted octanol–water partition coefficient (Wildman–Crippen LogP) is 3.64. The number of amides is 1. The first kappa shape index (κ1) is 15.5. The molecule has 0 radical (unpaired) electrons. The number of nitrogens with one attached hydrogen (secondary N) is 2. The maximum atomic E-state index is 12.1. The molecule has 0 aliphatic heterocycles. The van der Waals surface area contributed by atoms with Crippen molar-refractivity contribution in [2.75, 3.05) is 5.32 Å². The molecule has 3 aromatic heterocycles. The number of anilines is 1. The summed E-state index contributed by atoms with van der Waals surface area (Å²) in [5.74, 6) is 1.09. The number of hydrogen-bond donors (Lipinski definition) is 2. The first-order valence-corrected chi connectivity index (χ1v) is 8.76. The third kappa shape index (κ3) is 3.43. The summed E-state index contributed by atoms with van der Waals surface area (Å²) in [6.45, 7) is 0. The van der Waals surface area contributed by atoms with Crippen molar-refractivity contribution in [3.8, 4) is 10.7 Å². The average Bonchev–Trinajstić information content (AvgIpc) is 3.36. The molecule has 8 heteroatoms. The zero-order valence-corrected chi connectivity index (χ0v) is 14.0. The van der Waals surface area contributed by atoms with Gasteiger partial charge >= 0.3 is 0 Å². The van der Waals surface area contributed by atoms with Crippen molar-refractivity contribution in [1.29, 1.82) is 0 Å². The fourth-order valence-corrected chi connectivity index (χ4v) is 3.20. The minimum Gasteiger partial charge on any atom is -0.339 e. The number of carbonyl (C=O) groups excluding carboxylic acids is 1. The van der Waals surface area contributed by atoms with Crippen LogP contribution in [0.3, 0.4) is 0 Å². The summed E-state index contributed by atoms with van der Waals surface area (Å²) in [6, 6.07) is 9.57. The Bertz CT molecular complexity index is 989. The van der Waals surface area contributed by atoms with E-state index in [1.807, 2.05) is 35.7 Å². The lowest BCUT2D eigenvalue weighted by molar-refractivity contribution is -0.116. The van der Waals surface area contributed by atoms with E-state index >= 15 is 0 Å². The van der Waals surface area contributed by atoms with Crippen molar-refractivity contribution in [3.63, 3.8) is 0 Å². The average molecular weight is 353 g/mol. The van der Waals surface area contributed by atoms with E-state index in [0.717, 1.165) is 21.5 Å².